The molecule has 2 aromatic rings. The number of ether oxygens (including phenoxy) is 2. The number of aromatic nitrogens is 3. The van der Waals surface area contributed by atoms with Gasteiger partial charge in [-0.05, 0) is 35.7 Å². The van der Waals surface area contributed by atoms with E-state index in [4.69, 9.17) is 14.5 Å². The Labute approximate surface area is 125 Å². The van der Waals surface area contributed by atoms with Gasteiger partial charge in [-0.2, -0.15) is 0 Å². The Morgan fingerprint density at radius 1 is 1.40 bits per heavy atom. The van der Waals surface area contributed by atoms with Gasteiger partial charge in [-0.25, -0.2) is 9.97 Å². The molecule has 3 fully saturated rings. The molecule has 0 spiro atoms. The van der Waals surface area contributed by atoms with Crippen molar-refractivity contribution in [1.82, 2.24) is 14.4 Å². The number of fused-ring (bicyclic) bond motifs is 2. The largest absolute Gasteiger partial charge is 0.378 e. The lowest BCUT2D eigenvalue weighted by Gasteiger charge is -2.41. The fourth-order valence-corrected chi connectivity index (χ4v) is 4.00. The second kappa shape index (κ2) is 4.02. The molecule has 2 bridgehead atoms. The predicted octanol–water partition coefficient (Wildman–Crippen LogP) is 2.46. The van der Waals surface area contributed by atoms with Crippen LogP contribution < -0.4 is 0 Å². The van der Waals surface area contributed by atoms with E-state index < -0.39 is 0 Å². The van der Waals surface area contributed by atoms with Crippen LogP contribution >= 0.6 is 15.9 Å². The maximum atomic E-state index is 5.86. The summed E-state index contributed by atoms with van der Waals surface area (Å²) in [6.45, 7) is 3.44. The lowest BCUT2D eigenvalue weighted by Crippen LogP contribution is -2.45. The van der Waals surface area contributed by atoms with E-state index in [-0.39, 0.29) is 11.0 Å². The highest BCUT2D eigenvalue weighted by atomic mass is 79.9. The fraction of sp³-hybridized carbons (Fsp3) is 0.571. The number of methoxy groups -OCH3 is 1. The standard InChI is InChI=1S/C14H16BrN3O2/c1-13-6-14(7-13,8-20-13)11-4-18-3-9(15)10(5-19-2)16-12(18)17-11/h3-4H,5-8H2,1-2H3. The van der Waals surface area contributed by atoms with E-state index in [2.05, 4.69) is 34.0 Å². The van der Waals surface area contributed by atoms with E-state index in [0.717, 1.165) is 41.1 Å². The van der Waals surface area contributed by atoms with Gasteiger partial charge >= 0.3 is 0 Å². The smallest absolute Gasteiger partial charge is 0.234 e. The highest BCUT2D eigenvalue weighted by Gasteiger charge is 2.61. The van der Waals surface area contributed by atoms with Crippen LogP contribution in [0.1, 0.15) is 31.2 Å². The minimum absolute atomic E-state index is 0.0744. The van der Waals surface area contributed by atoms with Gasteiger partial charge in [0.25, 0.3) is 0 Å². The summed E-state index contributed by atoms with van der Waals surface area (Å²) in [6, 6.07) is 0. The van der Waals surface area contributed by atoms with Crippen LogP contribution in [0.2, 0.25) is 0 Å². The predicted molar refractivity (Wildman–Crippen MR) is 76.7 cm³/mol. The molecule has 5 rings (SSSR count). The molecule has 0 aromatic carbocycles. The van der Waals surface area contributed by atoms with Crippen molar-refractivity contribution in [3.63, 3.8) is 0 Å². The van der Waals surface area contributed by atoms with Crippen LogP contribution in [-0.2, 0) is 21.5 Å². The molecule has 1 aliphatic carbocycles. The summed E-state index contributed by atoms with van der Waals surface area (Å²) in [5, 5.41) is 0. The average molecular weight is 338 g/mol. The Morgan fingerprint density at radius 3 is 2.85 bits per heavy atom. The zero-order valence-electron chi connectivity index (χ0n) is 11.5. The molecule has 4 heterocycles. The van der Waals surface area contributed by atoms with E-state index in [1.165, 1.54) is 0 Å². The van der Waals surface area contributed by atoms with Crippen molar-refractivity contribution < 1.29 is 9.47 Å². The fourth-order valence-electron chi connectivity index (χ4n) is 3.58. The second-order valence-electron chi connectivity index (χ2n) is 6.17. The monoisotopic (exact) mass is 337 g/mol. The molecule has 2 aromatic heterocycles. The molecule has 6 heteroatoms. The summed E-state index contributed by atoms with van der Waals surface area (Å²) >= 11 is 3.53. The SMILES string of the molecule is COCc1nc2nc(C34COC(C)(C3)C4)cn2cc1Br. The van der Waals surface area contributed by atoms with Gasteiger partial charge in [0, 0.05) is 24.9 Å². The van der Waals surface area contributed by atoms with Crippen molar-refractivity contribution in [2.45, 2.75) is 37.4 Å². The molecular formula is C14H16BrN3O2. The average Bonchev–Trinajstić information content (AvgIpc) is 3.00. The van der Waals surface area contributed by atoms with Gasteiger partial charge in [-0.1, -0.05) is 0 Å². The Hall–Kier alpha value is -0.980. The molecule has 3 aliphatic rings. The number of hydrogen-bond acceptors (Lipinski definition) is 4. The van der Waals surface area contributed by atoms with E-state index in [1.54, 1.807) is 7.11 Å². The molecule has 0 unspecified atom stereocenters. The first-order valence-corrected chi connectivity index (χ1v) is 7.50. The highest BCUT2D eigenvalue weighted by molar-refractivity contribution is 9.10. The molecule has 106 valence electrons. The summed E-state index contributed by atoms with van der Waals surface area (Å²) in [6.07, 6.45) is 6.21. The van der Waals surface area contributed by atoms with E-state index >= 15 is 0 Å². The zero-order chi connectivity index (χ0) is 14.0. The van der Waals surface area contributed by atoms with Crippen molar-refractivity contribution >= 4 is 21.7 Å². The summed E-state index contributed by atoms with van der Waals surface area (Å²) in [4.78, 5) is 9.28. The summed E-state index contributed by atoms with van der Waals surface area (Å²) in [5.41, 5.74) is 2.15. The van der Waals surface area contributed by atoms with Crippen molar-refractivity contribution in [3.8, 4) is 0 Å². The molecule has 1 saturated carbocycles. The van der Waals surface area contributed by atoms with E-state index in [1.807, 2.05) is 10.6 Å². The first-order chi connectivity index (χ1) is 9.54. The summed E-state index contributed by atoms with van der Waals surface area (Å²) in [7, 11) is 1.67. The molecule has 2 aliphatic heterocycles. The maximum Gasteiger partial charge on any atom is 0.234 e. The first-order valence-electron chi connectivity index (χ1n) is 6.71. The number of halogens is 1. The lowest BCUT2D eigenvalue weighted by molar-refractivity contribution is 0.0154. The lowest BCUT2D eigenvalue weighted by atomic mass is 9.62. The molecular weight excluding hydrogens is 322 g/mol. The molecule has 5 nitrogen and oxygen atoms in total. The van der Waals surface area contributed by atoms with Crippen LogP contribution in [0.25, 0.3) is 5.78 Å². The molecule has 0 amide bonds. The molecule has 0 atom stereocenters. The molecule has 20 heavy (non-hydrogen) atoms. The van der Waals surface area contributed by atoms with Gasteiger partial charge in [0.1, 0.15) is 0 Å². The molecule has 0 radical (unpaired) electrons. The third-order valence-electron chi connectivity index (χ3n) is 4.42. The maximum absolute atomic E-state index is 5.86. The van der Waals surface area contributed by atoms with Gasteiger partial charge in [0.2, 0.25) is 5.78 Å². The zero-order valence-corrected chi connectivity index (χ0v) is 13.1. The number of nitrogens with zero attached hydrogens (tertiary/aromatic N) is 3. The molecule has 0 N–H and O–H groups in total. The Bertz CT molecular complexity index is 691. The van der Waals surface area contributed by atoms with Crippen LogP contribution in [-0.4, -0.2) is 33.7 Å². The Kier molecular flexibility index (Phi) is 2.56. The van der Waals surface area contributed by atoms with Crippen LogP contribution in [0.5, 0.6) is 0 Å². The van der Waals surface area contributed by atoms with Crippen molar-refractivity contribution in [2.75, 3.05) is 13.7 Å². The highest BCUT2D eigenvalue weighted by Crippen LogP contribution is 2.58. The normalized spacial score (nSPS) is 31.8. The Balaban J connectivity index is 1.76. The minimum Gasteiger partial charge on any atom is -0.378 e. The van der Waals surface area contributed by atoms with Gasteiger partial charge in [0.05, 0.1) is 34.7 Å². The third-order valence-corrected chi connectivity index (χ3v) is 5.08. The summed E-state index contributed by atoms with van der Waals surface area (Å²) < 4.78 is 13.9. The quantitative estimate of drug-likeness (QED) is 0.863. The minimum atomic E-state index is 0.0744. The van der Waals surface area contributed by atoms with Crippen LogP contribution in [0.4, 0.5) is 0 Å². The van der Waals surface area contributed by atoms with Crippen LogP contribution in [0.3, 0.4) is 0 Å². The molecule has 2 saturated heterocycles. The van der Waals surface area contributed by atoms with Gasteiger partial charge < -0.3 is 9.47 Å². The van der Waals surface area contributed by atoms with Gasteiger partial charge in [0.15, 0.2) is 0 Å². The van der Waals surface area contributed by atoms with Gasteiger partial charge in [-0.15, -0.1) is 0 Å². The van der Waals surface area contributed by atoms with Crippen LogP contribution in [0, 0.1) is 0 Å². The van der Waals surface area contributed by atoms with Crippen molar-refractivity contribution in [1.29, 1.82) is 0 Å². The van der Waals surface area contributed by atoms with E-state index in [9.17, 15) is 0 Å². The van der Waals surface area contributed by atoms with E-state index in [0.29, 0.717) is 6.61 Å². The summed E-state index contributed by atoms with van der Waals surface area (Å²) in [5.74, 6) is 0.727. The topological polar surface area (TPSA) is 48.7 Å². The number of hydrogen-bond donors (Lipinski definition) is 0. The first kappa shape index (κ1) is 12.7. The second-order valence-corrected chi connectivity index (χ2v) is 7.03. The van der Waals surface area contributed by atoms with Crippen molar-refractivity contribution in [2.24, 2.45) is 0 Å². The number of imidazole rings is 1. The number of rotatable bonds is 3. The third kappa shape index (κ3) is 1.68. The van der Waals surface area contributed by atoms with Gasteiger partial charge in [-0.3, -0.25) is 4.40 Å². The Morgan fingerprint density at radius 2 is 2.20 bits per heavy atom. The van der Waals surface area contributed by atoms with Crippen molar-refractivity contribution in [3.05, 3.63) is 28.3 Å². The van der Waals surface area contributed by atoms with Crippen LogP contribution in [0.15, 0.2) is 16.9 Å².